The van der Waals surface area contributed by atoms with Crippen LogP contribution in [0.3, 0.4) is 0 Å². The van der Waals surface area contributed by atoms with Crippen LogP contribution in [0.1, 0.15) is 9.67 Å². The minimum Gasteiger partial charge on any atom is -0.493 e. The van der Waals surface area contributed by atoms with Crippen molar-refractivity contribution in [2.75, 3.05) is 20.3 Å². The van der Waals surface area contributed by atoms with Crippen LogP contribution in [0.25, 0.3) is 0 Å². The SMILES string of the molecule is COc1ccccc1OCCNC(=O)c1ccc([N+](=O)[O-])s1. The number of ether oxygens (including phenoxy) is 2. The molecule has 1 amide bonds. The molecule has 0 fully saturated rings. The summed E-state index contributed by atoms with van der Waals surface area (Å²) in [6.45, 7) is 0.544. The number of nitrogens with zero attached hydrogens (tertiary/aromatic N) is 1. The van der Waals surface area contributed by atoms with Crippen LogP contribution in [0.5, 0.6) is 11.5 Å². The van der Waals surface area contributed by atoms with E-state index in [-0.39, 0.29) is 24.1 Å². The van der Waals surface area contributed by atoms with Crippen LogP contribution in [0, 0.1) is 10.1 Å². The van der Waals surface area contributed by atoms with Gasteiger partial charge < -0.3 is 14.8 Å². The smallest absolute Gasteiger partial charge is 0.324 e. The molecule has 0 spiro atoms. The summed E-state index contributed by atoms with van der Waals surface area (Å²) in [6.07, 6.45) is 0. The molecule has 22 heavy (non-hydrogen) atoms. The average Bonchev–Trinajstić information content (AvgIpc) is 3.02. The topological polar surface area (TPSA) is 90.7 Å². The first kappa shape index (κ1) is 15.8. The van der Waals surface area contributed by atoms with Crippen LogP contribution in [0.2, 0.25) is 0 Å². The summed E-state index contributed by atoms with van der Waals surface area (Å²) in [6, 6.07) is 9.94. The van der Waals surface area contributed by atoms with Crippen molar-refractivity contribution in [3.8, 4) is 11.5 Å². The first-order valence-corrected chi connectivity index (χ1v) is 7.21. The third-order valence-corrected chi connectivity index (χ3v) is 3.75. The van der Waals surface area contributed by atoms with Crippen LogP contribution >= 0.6 is 11.3 Å². The van der Waals surface area contributed by atoms with Gasteiger partial charge in [0.2, 0.25) is 0 Å². The molecule has 0 atom stereocenters. The second-order valence-electron chi connectivity index (χ2n) is 4.15. The van der Waals surface area contributed by atoms with Crippen molar-refractivity contribution in [1.82, 2.24) is 5.32 Å². The van der Waals surface area contributed by atoms with Gasteiger partial charge in [-0.25, -0.2) is 0 Å². The van der Waals surface area contributed by atoms with Crippen molar-refractivity contribution in [3.05, 3.63) is 51.4 Å². The highest BCUT2D eigenvalue weighted by Crippen LogP contribution is 2.25. The van der Waals surface area contributed by atoms with Gasteiger partial charge in [-0.15, -0.1) is 0 Å². The number of nitrogens with one attached hydrogen (secondary N) is 1. The summed E-state index contributed by atoms with van der Waals surface area (Å²) in [7, 11) is 1.55. The number of rotatable bonds is 7. The number of amides is 1. The Kier molecular flexibility index (Phi) is 5.31. The minimum absolute atomic E-state index is 0.0598. The molecule has 1 heterocycles. The number of carbonyl (C=O) groups excluding carboxylic acids is 1. The fraction of sp³-hybridized carbons (Fsp3) is 0.214. The standard InChI is InChI=1S/C14H14N2O5S/c1-20-10-4-2-3-5-11(10)21-9-8-15-14(17)12-6-7-13(22-12)16(18)19/h2-7H,8-9H2,1H3,(H,15,17). The molecule has 7 nitrogen and oxygen atoms in total. The van der Waals surface area contributed by atoms with E-state index in [2.05, 4.69) is 5.32 Å². The van der Waals surface area contributed by atoms with Crippen molar-refractivity contribution >= 4 is 22.2 Å². The first-order valence-electron chi connectivity index (χ1n) is 6.40. The van der Waals surface area contributed by atoms with Crippen LogP contribution in [-0.4, -0.2) is 31.1 Å². The molecule has 0 saturated heterocycles. The maximum atomic E-state index is 11.8. The lowest BCUT2D eigenvalue weighted by atomic mass is 10.3. The summed E-state index contributed by atoms with van der Waals surface area (Å²) >= 11 is 0.838. The second-order valence-corrected chi connectivity index (χ2v) is 5.21. The molecule has 1 aromatic heterocycles. The van der Waals surface area contributed by atoms with Crippen molar-refractivity contribution in [2.45, 2.75) is 0 Å². The van der Waals surface area contributed by atoms with Crippen LogP contribution < -0.4 is 14.8 Å². The van der Waals surface area contributed by atoms with Crippen LogP contribution in [0.15, 0.2) is 36.4 Å². The number of benzene rings is 1. The summed E-state index contributed by atoms with van der Waals surface area (Å²) in [5, 5.41) is 13.1. The first-order chi connectivity index (χ1) is 10.6. The van der Waals surface area contributed by atoms with Crippen molar-refractivity contribution in [3.63, 3.8) is 0 Å². The van der Waals surface area contributed by atoms with E-state index in [0.717, 1.165) is 11.3 Å². The van der Waals surface area contributed by atoms with E-state index in [4.69, 9.17) is 9.47 Å². The molecule has 2 rings (SSSR count). The average molecular weight is 322 g/mol. The molecular formula is C14H14N2O5S. The predicted molar refractivity (Wildman–Crippen MR) is 81.8 cm³/mol. The van der Waals surface area contributed by atoms with Gasteiger partial charge in [-0.2, -0.15) is 0 Å². The molecule has 116 valence electrons. The number of thiophene rings is 1. The minimum atomic E-state index is -0.522. The molecule has 0 radical (unpaired) electrons. The predicted octanol–water partition coefficient (Wildman–Crippen LogP) is 2.47. The van der Waals surface area contributed by atoms with Gasteiger partial charge >= 0.3 is 5.00 Å². The summed E-state index contributed by atoms with van der Waals surface area (Å²) in [4.78, 5) is 22.2. The molecule has 0 aliphatic carbocycles. The molecule has 8 heteroatoms. The van der Waals surface area contributed by atoms with Gasteiger partial charge in [0.05, 0.1) is 23.5 Å². The third kappa shape index (κ3) is 3.95. The Morgan fingerprint density at radius 1 is 1.27 bits per heavy atom. The number of carbonyl (C=O) groups is 1. The van der Waals surface area contributed by atoms with E-state index < -0.39 is 4.92 Å². The highest BCUT2D eigenvalue weighted by Gasteiger charge is 2.14. The highest BCUT2D eigenvalue weighted by atomic mass is 32.1. The lowest BCUT2D eigenvalue weighted by Crippen LogP contribution is -2.27. The van der Waals surface area contributed by atoms with Gasteiger partial charge in [0.1, 0.15) is 6.61 Å². The lowest BCUT2D eigenvalue weighted by Gasteiger charge is -2.10. The lowest BCUT2D eigenvalue weighted by molar-refractivity contribution is -0.380. The zero-order valence-corrected chi connectivity index (χ0v) is 12.6. The maximum absolute atomic E-state index is 11.8. The molecule has 1 aromatic carbocycles. The number of methoxy groups -OCH3 is 1. The molecule has 0 aliphatic heterocycles. The summed E-state index contributed by atoms with van der Waals surface area (Å²) in [5.74, 6) is 0.843. The van der Waals surface area contributed by atoms with E-state index in [9.17, 15) is 14.9 Å². The Bertz CT molecular complexity index is 671. The molecule has 0 unspecified atom stereocenters. The Labute approximate surface area is 130 Å². The molecule has 0 bridgehead atoms. The third-order valence-electron chi connectivity index (χ3n) is 2.71. The Morgan fingerprint density at radius 3 is 2.64 bits per heavy atom. The van der Waals surface area contributed by atoms with E-state index in [0.29, 0.717) is 16.4 Å². The fourth-order valence-corrected chi connectivity index (χ4v) is 2.44. The van der Waals surface area contributed by atoms with E-state index in [1.54, 1.807) is 19.2 Å². The number of hydrogen-bond acceptors (Lipinski definition) is 6. The Morgan fingerprint density at radius 2 is 2.00 bits per heavy atom. The largest absolute Gasteiger partial charge is 0.493 e. The van der Waals surface area contributed by atoms with Crippen LogP contribution in [-0.2, 0) is 0 Å². The molecule has 0 saturated carbocycles. The normalized spacial score (nSPS) is 10.0. The van der Waals surface area contributed by atoms with Crippen molar-refractivity contribution in [1.29, 1.82) is 0 Å². The zero-order chi connectivity index (χ0) is 15.9. The maximum Gasteiger partial charge on any atom is 0.324 e. The van der Waals surface area contributed by atoms with Gasteiger partial charge in [-0.1, -0.05) is 23.5 Å². The Hall–Kier alpha value is -2.61. The van der Waals surface area contributed by atoms with Gasteiger partial charge in [-0.3, -0.25) is 14.9 Å². The van der Waals surface area contributed by atoms with Crippen molar-refractivity contribution in [2.24, 2.45) is 0 Å². The molecule has 0 aliphatic rings. The van der Waals surface area contributed by atoms with E-state index in [1.807, 2.05) is 12.1 Å². The molecule has 2 aromatic rings. The fourth-order valence-electron chi connectivity index (χ4n) is 1.70. The van der Waals surface area contributed by atoms with Gasteiger partial charge in [0, 0.05) is 6.07 Å². The molecular weight excluding hydrogens is 308 g/mol. The Balaban J connectivity index is 1.80. The van der Waals surface area contributed by atoms with E-state index in [1.165, 1.54) is 12.1 Å². The quantitative estimate of drug-likeness (QED) is 0.480. The molecule has 1 N–H and O–H groups in total. The van der Waals surface area contributed by atoms with E-state index >= 15 is 0 Å². The number of nitro groups is 1. The number of para-hydroxylation sites is 2. The monoisotopic (exact) mass is 322 g/mol. The van der Waals surface area contributed by atoms with Gasteiger partial charge in [0.15, 0.2) is 11.5 Å². The zero-order valence-electron chi connectivity index (χ0n) is 11.8. The second kappa shape index (κ2) is 7.41. The highest BCUT2D eigenvalue weighted by molar-refractivity contribution is 7.17. The van der Waals surface area contributed by atoms with Gasteiger partial charge in [-0.05, 0) is 18.2 Å². The van der Waals surface area contributed by atoms with Crippen LogP contribution in [0.4, 0.5) is 5.00 Å². The van der Waals surface area contributed by atoms with Crippen molar-refractivity contribution < 1.29 is 19.2 Å². The number of hydrogen-bond donors (Lipinski definition) is 1. The van der Waals surface area contributed by atoms with Gasteiger partial charge in [0.25, 0.3) is 5.91 Å². The summed E-state index contributed by atoms with van der Waals surface area (Å²) < 4.78 is 10.7. The summed E-state index contributed by atoms with van der Waals surface area (Å²) in [5.41, 5.74) is 0.